The minimum atomic E-state index is -0.619. The van der Waals surface area contributed by atoms with E-state index in [1.54, 1.807) is 6.92 Å². The molecule has 1 aromatic heterocycles. The second-order valence-electron chi connectivity index (χ2n) is 7.41. The molecule has 4 aromatic rings. The molecule has 0 bridgehead atoms. The Morgan fingerprint density at radius 3 is 2.20 bits per heavy atom. The van der Waals surface area contributed by atoms with E-state index in [2.05, 4.69) is 15.5 Å². The van der Waals surface area contributed by atoms with E-state index >= 15 is 0 Å². The van der Waals surface area contributed by atoms with Gasteiger partial charge in [-0.2, -0.15) is 0 Å². The van der Waals surface area contributed by atoms with Gasteiger partial charge in [0.1, 0.15) is 17.1 Å². The molecule has 1 heterocycles. The lowest BCUT2D eigenvalue weighted by Crippen LogP contribution is -2.23. The highest BCUT2D eigenvalue weighted by atomic mass is 32.2. The molecule has 1 N–H and O–H groups in total. The Morgan fingerprint density at radius 1 is 0.971 bits per heavy atom. The predicted octanol–water partition coefficient (Wildman–Crippen LogP) is 5.24. The molecule has 9 nitrogen and oxygen atoms in total. The predicted molar refractivity (Wildman–Crippen MR) is 134 cm³/mol. The Morgan fingerprint density at radius 2 is 1.60 bits per heavy atom. The van der Waals surface area contributed by atoms with Crippen molar-refractivity contribution in [2.45, 2.75) is 17.3 Å². The van der Waals surface area contributed by atoms with Crippen LogP contribution in [0.15, 0.2) is 84.0 Å². The van der Waals surface area contributed by atoms with E-state index < -0.39 is 10.2 Å². The van der Waals surface area contributed by atoms with Gasteiger partial charge in [-0.25, -0.2) is 4.98 Å². The van der Waals surface area contributed by atoms with Gasteiger partial charge in [0.2, 0.25) is 11.1 Å². The highest BCUT2D eigenvalue weighted by molar-refractivity contribution is 8.00. The van der Waals surface area contributed by atoms with Gasteiger partial charge in [-0.15, -0.1) is 10.2 Å². The first-order valence-electron chi connectivity index (χ1n) is 10.6. The first-order chi connectivity index (χ1) is 17.0. The number of aromatic nitrogens is 3. The fourth-order valence-corrected chi connectivity index (χ4v) is 4.02. The molecular formula is C25H21N5O4S. The lowest BCUT2D eigenvalue weighted by atomic mass is 10.0. The molecule has 0 saturated carbocycles. The molecule has 3 aromatic carbocycles. The fraction of sp³-hybridized carbons (Fsp3) is 0.120. The standard InChI is InChI=1S/C25H21N5O4S/c1-16(24(31)26-20-15-19(30(32)33)13-14-21(20)34-2)35-25-27-22(17-9-5-3-6-10-17)23(28-29-25)18-11-7-4-8-12-18/h3-16H,1-2H3,(H,26,31). The number of hydrogen-bond donors (Lipinski definition) is 1. The average Bonchev–Trinajstić information content (AvgIpc) is 2.89. The molecule has 35 heavy (non-hydrogen) atoms. The van der Waals surface area contributed by atoms with Crippen LogP contribution in [0.25, 0.3) is 22.5 Å². The second-order valence-corrected chi connectivity index (χ2v) is 8.72. The number of nitro benzene ring substituents is 1. The molecular weight excluding hydrogens is 466 g/mol. The van der Waals surface area contributed by atoms with E-state index in [0.29, 0.717) is 22.3 Å². The molecule has 0 aliphatic carbocycles. The number of carbonyl (C=O) groups is 1. The fourth-order valence-electron chi connectivity index (χ4n) is 3.30. The van der Waals surface area contributed by atoms with E-state index in [9.17, 15) is 14.9 Å². The number of hydrogen-bond acceptors (Lipinski definition) is 8. The van der Waals surface area contributed by atoms with Crippen LogP contribution in [0.2, 0.25) is 0 Å². The molecule has 1 atom stereocenters. The third-order valence-electron chi connectivity index (χ3n) is 5.06. The van der Waals surface area contributed by atoms with E-state index in [1.807, 2.05) is 60.7 Å². The van der Waals surface area contributed by atoms with Gasteiger partial charge >= 0.3 is 0 Å². The summed E-state index contributed by atoms with van der Waals surface area (Å²) in [5.41, 5.74) is 3.11. The number of benzene rings is 3. The maximum absolute atomic E-state index is 12.9. The molecule has 0 aliphatic heterocycles. The van der Waals surface area contributed by atoms with Crippen molar-refractivity contribution in [2.75, 3.05) is 12.4 Å². The minimum Gasteiger partial charge on any atom is -0.495 e. The maximum Gasteiger partial charge on any atom is 0.271 e. The zero-order valence-electron chi connectivity index (χ0n) is 18.9. The molecule has 0 spiro atoms. The van der Waals surface area contributed by atoms with Crippen LogP contribution in [0, 0.1) is 10.1 Å². The first-order valence-corrected chi connectivity index (χ1v) is 11.5. The van der Waals surface area contributed by atoms with Crippen LogP contribution in [0.5, 0.6) is 5.75 Å². The van der Waals surface area contributed by atoms with Crippen molar-refractivity contribution < 1.29 is 14.5 Å². The number of nitrogens with zero attached hydrogens (tertiary/aromatic N) is 4. The second kappa shape index (κ2) is 10.7. The number of anilines is 1. The quantitative estimate of drug-likeness (QED) is 0.203. The van der Waals surface area contributed by atoms with E-state index in [1.165, 1.54) is 25.3 Å². The highest BCUT2D eigenvalue weighted by Gasteiger charge is 2.21. The van der Waals surface area contributed by atoms with E-state index in [0.717, 1.165) is 22.9 Å². The number of nitrogens with one attached hydrogen (secondary N) is 1. The van der Waals surface area contributed by atoms with Gasteiger partial charge in [-0.05, 0) is 13.0 Å². The molecule has 176 valence electrons. The summed E-state index contributed by atoms with van der Waals surface area (Å²) in [6.45, 7) is 1.69. The minimum absolute atomic E-state index is 0.155. The molecule has 0 aliphatic rings. The zero-order valence-corrected chi connectivity index (χ0v) is 19.7. The van der Waals surface area contributed by atoms with E-state index in [4.69, 9.17) is 9.72 Å². The topological polar surface area (TPSA) is 120 Å². The molecule has 0 saturated heterocycles. The van der Waals surface area contributed by atoms with Crippen LogP contribution in [0.4, 0.5) is 11.4 Å². The summed E-state index contributed by atoms with van der Waals surface area (Å²) in [6.07, 6.45) is 0. The molecule has 0 radical (unpaired) electrons. The smallest absolute Gasteiger partial charge is 0.271 e. The Kier molecular flexibility index (Phi) is 7.32. The molecule has 4 rings (SSSR count). The van der Waals surface area contributed by atoms with Crippen molar-refractivity contribution in [2.24, 2.45) is 0 Å². The number of nitro groups is 1. The average molecular weight is 488 g/mol. The van der Waals surface area contributed by atoms with E-state index in [-0.39, 0.29) is 17.3 Å². The van der Waals surface area contributed by atoms with Gasteiger partial charge < -0.3 is 10.1 Å². The Hall–Kier alpha value is -4.31. The third-order valence-corrected chi connectivity index (χ3v) is 6.02. The molecule has 0 fully saturated rings. The first kappa shape index (κ1) is 23.8. The summed E-state index contributed by atoms with van der Waals surface area (Å²) in [6, 6.07) is 23.3. The van der Waals surface area contributed by atoms with Crippen LogP contribution in [0.1, 0.15) is 6.92 Å². The summed E-state index contributed by atoms with van der Waals surface area (Å²) < 4.78 is 5.22. The number of thioether (sulfide) groups is 1. The van der Waals surface area contributed by atoms with Crippen molar-refractivity contribution in [3.05, 3.63) is 89.0 Å². The largest absolute Gasteiger partial charge is 0.495 e. The van der Waals surface area contributed by atoms with Gasteiger partial charge in [-0.3, -0.25) is 14.9 Å². The lowest BCUT2D eigenvalue weighted by Gasteiger charge is -2.14. The van der Waals surface area contributed by atoms with Crippen molar-refractivity contribution in [1.82, 2.24) is 15.2 Å². The Balaban J connectivity index is 1.59. The van der Waals surface area contributed by atoms with Gasteiger partial charge in [0.25, 0.3) is 5.69 Å². The van der Waals surface area contributed by atoms with Crippen molar-refractivity contribution in [1.29, 1.82) is 0 Å². The Labute approximate surface area is 205 Å². The number of rotatable bonds is 8. The Bertz CT molecular complexity index is 1350. The normalized spacial score (nSPS) is 11.5. The van der Waals surface area contributed by atoms with Crippen LogP contribution in [-0.4, -0.2) is 38.4 Å². The molecule has 1 amide bonds. The summed E-state index contributed by atoms with van der Waals surface area (Å²) in [5, 5.41) is 22.2. The van der Waals surface area contributed by atoms with Gasteiger partial charge in [0, 0.05) is 23.3 Å². The van der Waals surface area contributed by atoms with Crippen LogP contribution < -0.4 is 10.1 Å². The van der Waals surface area contributed by atoms with Gasteiger partial charge in [-0.1, -0.05) is 72.4 Å². The van der Waals surface area contributed by atoms with Gasteiger partial charge in [0.15, 0.2) is 0 Å². The van der Waals surface area contributed by atoms with Gasteiger partial charge in [0.05, 0.1) is 23.0 Å². The maximum atomic E-state index is 12.9. The lowest BCUT2D eigenvalue weighted by molar-refractivity contribution is -0.384. The number of methoxy groups -OCH3 is 1. The third kappa shape index (κ3) is 5.61. The molecule has 10 heteroatoms. The number of non-ortho nitro benzene ring substituents is 1. The van der Waals surface area contributed by atoms with Crippen LogP contribution in [-0.2, 0) is 4.79 Å². The number of ether oxygens (including phenoxy) is 1. The van der Waals surface area contributed by atoms with Crippen LogP contribution >= 0.6 is 11.8 Å². The summed E-state index contributed by atoms with van der Waals surface area (Å²) >= 11 is 1.14. The number of amides is 1. The monoisotopic (exact) mass is 487 g/mol. The SMILES string of the molecule is COc1ccc([N+](=O)[O-])cc1NC(=O)C(C)Sc1nnc(-c2ccccc2)c(-c2ccccc2)n1. The zero-order chi connectivity index (χ0) is 24.8. The summed E-state index contributed by atoms with van der Waals surface area (Å²) in [5.74, 6) is -0.0663. The summed E-state index contributed by atoms with van der Waals surface area (Å²) in [4.78, 5) is 28.2. The number of carbonyl (C=O) groups excluding carboxylic acids is 1. The van der Waals surface area contributed by atoms with Crippen molar-refractivity contribution in [3.8, 4) is 28.3 Å². The van der Waals surface area contributed by atoms with Crippen LogP contribution in [0.3, 0.4) is 0 Å². The molecule has 1 unspecified atom stereocenters. The summed E-state index contributed by atoms with van der Waals surface area (Å²) in [7, 11) is 1.42. The van der Waals surface area contributed by atoms with Crippen molar-refractivity contribution in [3.63, 3.8) is 0 Å². The van der Waals surface area contributed by atoms with Crippen molar-refractivity contribution >= 4 is 29.0 Å². The highest BCUT2D eigenvalue weighted by Crippen LogP contribution is 2.32.